The lowest BCUT2D eigenvalue weighted by atomic mass is 10.0. The van der Waals surface area contributed by atoms with E-state index in [4.69, 9.17) is 11.6 Å². The summed E-state index contributed by atoms with van der Waals surface area (Å²) in [6.45, 7) is 5.93. The average molecular weight is 482 g/mol. The normalized spacial score (nSPS) is 20.8. The Labute approximate surface area is 194 Å². The summed E-state index contributed by atoms with van der Waals surface area (Å²) in [6.07, 6.45) is 1.10. The van der Waals surface area contributed by atoms with Crippen LogP contribution in [0.5, 0.6) is 0 Å². The molecule has 0 saturated carbocycles. The first-order chi connectivity index (χ1) is 15.0. The van der Waals surface area contributed by atoms with Gasteiger partial charge in [-0.15, -0.1) is 0 Å². The van der Waals surface area contributed by atoms with Gasteiger partial charge < -0.3 is 4.90 Å². The molecule has 1 aliphatic heterocycles. The van der Waals surface area contributed by atoms with Gasteiger partial charge in [-0.1, -0.05) is 35.9 Å². The molecule has 1 N–H and O–H groups in total. The zero-order valence-electron chi connectivity index (χ0n) is 18.5. The zero-order valence-corrected chi connectivity index (χ0v) is 20.0. The molecular weight excluding hydrogens is 453 g/mol. The van der Waals surface area contributed by atoms with Crippen LogP contribution in [0, 0.1) is 5.82 Å². The Kier molecular flexibility index (Phi) is 7.92. The fourth-order valence-electron chi connectivity index (χ4n) is 4.06. The Bertz CT molecular complexity index is 1030. The second-order valence-corrected chi connectivity index (χ2v) is 10.7. The van der Waals surface area contributed by atoms with Crippen LogP contribution in [0.25, 0.3) is 0 Å². The third-order valence-corrected chi connectivity index (χ3v) is 6.71. The maximum absolute atomic E-state index is 13.2. The monoisotopic (exact) mass is 481 g/mol. The molecule has 174 valence electrons. The van der Waals surface area contributed by atoms with E-state index in [9.17, 15) is 17.6 Å². The highest BCUT2D eigenvalue weighted by Crippen LogP contribution is 2.24. The van der Waals surface area contributed by atoms with Crippen LogP contribution in [0.15, 0.2) is 48.5 Å². The van der Waals surface area contributed by atoms with E-state index in [1.54, 1.807) is 36.4 Å². The van der Waals surface area contributed by atoms with Gasteiger partial charge in [-0.3, -0.25) is 9.69 Å². The summed E-state index contributed by atoms with van der Waals surface area (Å²) in [5.41, 5.74) is 1.70. The number of hydrogen-bond acceptors (Lipinski definition) is 4. The lowest BCUT2D eigenvalue weighted by molar-refractivity contribution is -0.137. The number of piperazine rings is 1. The van der Waals surface area contributed by atoms with E-state index in [1.165, 1.54) is 12.1 Å². The van der Waals surface area contributed by atoms with E-state index in [1.807, 2.05) is 11.8 Å². The molecule has 1 aliphatic rings. The number of benzene rings is 2. The minimum atomic E-state index is -3.52. The minimum Gasteiger partial charge on any atom is -0.337 e. The number of rotatable bonds is 7. The summed E-state index contributed by atoms with van der Waals surface area (Å²) in [5.74, 6) is -0.370. The third kappa shape index (κ3) is 6.75. The van der Waals surface area contributed by atoms with Gasteiger partial charge in [-0.25, -0.2) is 17.5 Å². The van der Waals surface area contributed by atoms with Gasteiger partial charge in [-0.2, -0.15) is 0 Å². The zero-order chi connectivity index (χ0) is 23.5. The van der Waals surface area contributed by atoms with Crippen molar-refractivity contribution in [3.63, 3.8) is 0 Å². The molecule has 0 radical (unpaired) electrons. The summed E-state index contributed by atoms with van der Waals surface area (Å²) < 4.78 is 39.6. The van der Waals surface area contributed by atoms with Gasteiger partial charge >= 0.3 is 0 Å². The second-order valence-electron chi connectivity index (χ2n) is 8.50. The van der Waals surface area contributed by atoms with Crippen LogP contribution >= 0.6 is 11.6 Å². The van der Waals surface area contributed by atoms with Crippen molar-refractivity contribution >= 4 is 27.5 Å². The molecule has 1 heterocycles. The second kappa shape index (κ2) is 10.3. The third-order valence-electron chi connectivity index (χ3n) is 5.74. The highest BCUT2D eigenvalue weighted by molar-refractivity contribution is 7.88. The molecule has 6 nitrogen and oxygen atoms in total. The minimum absolute atomic E-state index is 0.0176. The molecule has 0 spiro atoms. The van der Waals surface area contributed by atoms with Gasteiger partial charge in [0.25, 0.3) is 0 Å². The van der Waals surface area contributed by atoms with Crippen LogP contribution in [0.3, 0.4) is 0 Å². The van der Waals surface area contributed by atoms with Crippen LogP contribution in [0.4, 0.5) is 4.39 Å². The first-order valence-corrected chi connectivity index (χ1v) is 12.8. The molecule has 0 aromatic heterocycles. The van der Waals surface area contributed by atoms with Gasteiger partial charge in [0, 0.05) is 43.2 Å². The molecule has 3 rings (SSSR count). The van der Waals surface area contributed by atoms with Crippen LogP contribution in [0.1, 0.15) is 37.4 Å². The van der Waals surface area contributed by atoms with Crippen LogP contribution in [0.2, 0.25) is 5.02 Å². The molecule has 3 unspecified atom stereocenters. The smallest absolute Gasteiger partial charge is 0.224 e. The molecule has 0 aliphatic carbocycles. The average Bonchev–Trinajstić information content (AvgIpc) is 2.71. The Morgan fingerprint density at radius 3 is 2.31 bits per heavy atom. The summed E-state index contributed by atoms with van der Waals surface area (Å²) in [7, 11) is -3.52. The quantitative estimate of drug-likeness (QED) is 0.656. The largest absolute Gasteiger partial charge is 0.337 e. The Balaban J connectivity index is 1.69. The van der Waals surface area contributed by atoms with E-state index in [0.29, 0.717) is 30.2 Å². The van der Waals surface area contributed by atoms with E-state index < -0.39 is 16.1 Å². The number of halogens is 2. The Morgan fingerprint density at radius 2 is 1.72 bits per heavy atom. The maximum atomic E-state index is 13.2. The van der Waals surface area contributed by atoms with Gasteiger partial charge in [-0.05, 0) is 49.2 Å². The van der Waals surface area contributed by atoms with Crippen molar-refractivity contribution in [2.45, 2.75) is 44.9 Å². The predicted octanol–water partition coefficient (Wildman–Crippen LogP) is 3.58. The number of carbonyl (C=O) groups excluding carboxylic acids is 1. The Hall–Kier alpha value is -2.00. The predicted molar refractivity (Wildman–Crippen MR) is 124 cm³/mol. The van der Waals surface area contributed by atoms with E-state index in [2.05, 4.69) is 16.5 Å². The van der Waals surface area contributed by atoms with Gasteiger partial charge in [0.15, 0.2) is 0 Å². The lowest BCUT2D eigenvalue weighted by Gasteiger charge is -2.44. The van der Waals surface area contributed by atoms with Crippen LogP contribution in [-0.4, -0.2) is 55.6 Å². The molecule has 32 heavy (non-hydrogen) atoms. The highest BCUT2D eigenvalue weighted by atomic mass is 35.5. The van der Waals surface area contributed by atoms with E-state index >= 15 is 0 Å². The van der Waals surface area contributed by atoms with Crippen LogP contribution < -0.4 is 4.72 Å². The van der Waals surface area contributed by atoms with Crippen molar-refractivity contribution in [2.75, 3.05) is 19.3 Å². The number of carbonyl (C=O) groups is 1. The first kappa shape index (κ1) is 24.6. The van der Waals surface area contributed by atoms with Crippen molar-refractivity contribution < 1.29 is 17.6 Å². The molecule has 1 fully saturated rings. The SMILES string of the molecule is CC1CN(C(=O)CC(NS(C)(=O)=O)c2ccc(Cl)cc2)C(C)CN1Cc1ccc(F)cc1. The topological polar surface area (TPSA) is 69.7 Å². The maximum Gasteiger partial charge on any atom is 0.224 e. The Morgan fingerprint density at radius 1 is 1.09 bits per heavy atom. The molecule has 2 aromatic rings. The van der Waals surface area contributed by atoms with Crippen molar-refractivity contribution in [1.82, 2.24) is 14.5 Å². The molecule has 2 aromatic carbocycles. The fourth-order valence-corrected chi connectivity index (χ4v) is 4.93. The number of sulfonamides is 1. The van der Waals surface area contributed by atoms with Crippen LogP contribution in [-0.2, 0) is 21.4 Å². The molecule has 1 amide bonds. The van der Waals surface area contributed by atoms with E-state index in [0.717, 1.165) is 11.8 Å². The molecule has 0 bridgehead atoms. The standard InChI is InChI=1S/C23H29ClFN3O3S/c1-16-14-28(17(2)13-27(16)15-18-4-10-21(25)11-5-18)23(29)12-22(26-32(3,30)31)19-6-8-20(24)9-7-19/h4-11,16-17,22,26H,12-15H2,1-3H3. The summed E-state index contributed by atoms with van der Waals surface area (Å²) in [5, 5.41) is 0.540. The summed E-state index contributed by atoms with van der Waals surface area (Å²) in [4.78, 5) is 17.3. The van der Waals surface area contributed by atoms with Gasteiger partial charge in [0.2, 0.25) is 15.9 Å². The van der Waals surface area contributed by atoms with Gasteiger partial charge in [0.1, 0.15) is 5.82 Å². The molecular formula is C23H29ClFN3O3S. The number of amides is 1. The molecule has 1 saturated heterocycles. The number of nitrogens with one attached hydrogen (secondary N) is 1. The van der Waals surface area contributed by atoms with Gasteiger partial charge in [0.05, 0.1) is 12.3 Å². The highest BCUT2D eigenvalue weighted by Gasteiger charge is 2.33. The van der Waals surface area contributed by atoms with Crippen molar-refractivity contribution in [1.29, 1.82) is 0 Å². The summed E-state index contributed by atoms with van der Waals surface area (Å²) >= 11 is 5.95. The first-order valence-electron chi connectivity index (χ1n) is 10.5. The van der Waals surface area contributed by atoms with Crippen molar-refractivity contribution in [2.24, 2.45) is 0 Å². The number of nitrogens with zero attached hydrogens (tertiary/aromatic N) is 2. The number of hydrogen-bond donors (Lipinski definition) is 1. The molecule has 3 atom stereocenters. The van der Waals surface area contributed by atoms with E-state index in [-0.39, 0.29) is 30.2 Å². The molecule has 9 heteroatoms. The lowest BCUT2D eigenvalue weighted by Crippen LogP contribution is -2.58. The van der Waals surface area contributed by atoms with Crippen molar-refractivity contribution in [3.8, 4) is 0 Å². The van der Waals surface area contributed by atoms with Crippen molar-refractivity contribution in [3.05, 3.63) is 70.5 Å². The fraction of sp³-hybridized carbons (Fsp3) is 0.435. The summed E-state index contributed by atoms with van der Waals surface area (Å²) in [6, 6.07) is 12.7.